The number of benzene rings is 1. The maximum atomic E-state index is 12.2. The highest BCUT2D eigenvalue weighted by Gasteiger charge is 2.38. The Labute approximate surface area is 127 Å². The van der Waals surface area contributed by atoms with E-state index in [0.717, 1.165) is 12.0 Å². The molecule has 1 aromatic carbocycles. The maximum Gasteiger partial charge on any atom is 0.324 e. The number of alkyl halides is 1. The first-order chi connectivity index (χ1) is 9.67. The minimum atomic E-state index is -0.348. The highest BCUT2D eigenvalue weighted by molar-refractivity contribution is 9.09. The molecular weight excluding hydrogens is 320 g/mol. The van der Waals surface area contributed by atoms with Gasteiger partial charge in [0.2, 0.25) is 0 Å². The Hall–Kier alpha value is -1.36. The van der Waals surface area contributed by atoms with Crippen LogP contribution < -0.4 is 5.32 Å². The lowest BCUT2D eigenvalue weighted by molar-refractivity contribution is -0.127. The Bertz CT molecular complexity index is 478. The topological polar surface area (TPSA) is 49.4 Å². The highest BCUT2D eigenvalue weighted by Crippen LogP contribution is 2.22. The molecule has 1 aliphatic rings. The summed E-state index contributed by atoms with van der Waals surface area (Å²) >= 11 is 3.48. The molecule has 0 spiro atoms. The Kier molecular flexibility index (Phi) is 5.17. The second-order valence-electron chi connectivity index (χ2n) is 5.00. The summed E-state index contributed by atoms with van der Waals surface area (Å²) in [5.74, 6) is 0.0185. The van der Waals surface area contributed by atoms with E-state index in [9.17, 15) is 9.59 Å². The van der Waals surface area contributed by atoms with Crippen molar-refractivity contribution in [3.8, 4) is 0 Å². The average Bonchev–Trinajstić information content (AvgIpc) is 2.73. The Balaban J connectivity index is 2.08. The SMILES string of the molecule is CCCC1NC(=O)N(CC(CBr)c2ccccc2)C1=O. The molecule has 108 valence electrons. The standard InChI is InChI=1S/C15H19BrN2O2/c1-2-6-13-14(19)18(15(20)17-13)10-12(9-16)11-7-4-3-5-8-11/h3-5,7-8,12-13H,2,6,9-10H2,1H3,(H,17,20). The number of imide groups is 1. The second-order valence-corrected chi connectivity index (χ2v) is 5.65. The molecule has 0 aromatic heterocycles. The van der Waals surface area contributed by atoms with Crippen molar-refractivity contribution in [3.05, 3.63) is 35.9 Å². The van der Waals surface area contributed by atoms with Gasteiger partial charge in [-0.15, -0.1) is 0 Å². The second kappa shape index (κ2) is 6.88. The fraction of sp³-hybridized carbons (Fsp3) is 0.467. The van der Waals surface area contributed by atoms with Crippen LogP contribution in [0.3, 0.4) is 0 Å². The first kappa shape index (κ1) is 15.0. The fourth-order valence-corrected chi connectivity index (χ4v) is 3.00. The molecule has 2 atom stereocenters. The fourth-order valence-electron chi connectivity index (χ4n) is 2.42. The number of amides is 3. The molecule has 3 amide bonds. The van der Waals surface area contributed by atoms with Crippen LogP contribution in [0.2, 0.25) is 0 Å². The van der Waals surface area contributed by atoms with E-state index >= 15 is 0 Å². The molecule has 20 heavy (non-hydrogen) atoms. The van der Waals surface area contributed by atoms with Gasteiger partial charge in [0, 0.05) is 17.8 Å². The van der Waals surface area contributed by atoms with Gasteiger partial charge in [0.25, 0.3) is 5.91 Å². The van der Waals surface area contributed by atoms with Gasteiger partial charge in [-0.3, -0.25) is 9.69 Å². The van der Waals surface area contributed by atoms with Crippen LogP contribution in [0.5, 0.6) is 0 Å². The van der Waals surface area contributed by atoms with Gasteiger partial charge in [-0.25, -0.2) is 4.79 Å². The van der Waals surface area contributed by atoms with E-state index in [1.54, 1.807) is 0 Å². The number of nitrogens with zero attached hydrogens (tertiary/aromatic N) is 1. The van der Waals surface area contributed by atoms with Crippen molar-refractivity contribution >= 4 is 27.9 Å². The third-order valence-electron chi connectivity index (χ3n) is 3.54. The molecule has 1 fully saturated rings. The summed E-state index contributed by atoms with van der Waals surface area (Å²) in [6.07, 6.45) is 1.58. The van der Waals surface area contributed by atoms with Gasteiger partial charge in [-0.2, -0.15) is 0 Å². The van der Waals surface area contributed by atoms with Crippen molar-refractivity contribution in [3.63, 3.8) is 0 Å². The number of nitrogens with one attached hydrogen (secondary N) is 1. The Morgan fingerprint density at radius 2 is 2.00 bits per heavy atom. The molecule has 1 aromatic rings. The van der Waals surface area contributed by atoms with E-state index in [-0.39, 0.29) is 23.9 Å². The lowest BCUT2D eigenvalue weighted by atomic mass is 10.0. The third kappa shape index (κ3) is 3.20. The van der Waals surface area contributed by atoms with Crippen molar-refractivity contribution in [2.24, 2.45) is 0 Å². The Morgan fingerprint density at radius 3 is 2.60 bits per heavy atom. The number of hydrogen-bond donors (Lipinski definition) is 1. The number of rotatable bonds is 6. The molecule has 5 heteroatoms. The number of carbonyl (C=O) groups excluding carboxylic acids is 2. The minimum Gasteiger partial charge on any atom is -0.326 e. The van der Waals surface area contributed by atoms with E-state index in [4.69, 9.17) is 0 Å². The summed E-state index contributed by atoms with van der Waals surface area (Å²) in [6.45, 7) is 2.42. The quantitative estimate of drug-likeness (QED) is 0.640. The summed E-state index contributed by atoms with van der Waals surface area (Å²) in [5.41, 5.74) is 1.13. The van der Waals surface area contributed by atoms with Gasteiger partial charge < -0.3 is 5.32 Å². The van der Waals surface area contributed by atoms with E-state index < -0.39 is 0 Å². The molecule has 1 aliphatic heterocycles. The van der Waals surface area contributed by atoms with Crippen molar-refractivity contribution in [1.82, 2.24) is 10.2 Å². The van der Waals surface area contributed by atoms with Gasteiger partial charge in [0.15, 0.2) is 0 Å². The Morgan fingerprint density at radius 1 is 1.30 bits per heavy atom. The molecule has 2 unspecified atom stereocenters. The summed E-state index contributed by atoms with van der Waals surface area (Å²) in [5, 5.41) is 3.47. The molecule has 0 saturated carbocycles. The van der Waals surface area contributed by atoms with Crippen molar-refractivity contribution in [2.45, 2.75) is 31.7 Å². The third-order valence-corrected chi connectivity index (χ3v) is 4.33. The van der Waals surface area contributed by atoms with E-state index in [1.165, 1.54) is 4.90 Å². The molecular formula is C15H19BrN2O2. The predicted octanol–water partition coefficient (Wildman–Crippen LogP) is 2.89. The molecule has 0 radical (unpaired) electrons. The molecule has 1 saturated heterocycles. The monoisotopic (exact) mass is 338 g/mol. The zero-order chi connectivity index (χ0) is 14.5. The summed E-state index contributed by atoms with van der Waals surface area (Å²) < 4.78 is 0. The van der Waals surface area contributed by atoms with Gasteiger partial charge in [0.1, 0.15) is 6.04 Å². The number of carbonyl (C=O) groups is 2. The van der Waals surface area contributed by atoms with Gasteiger partial charge in [0.05, 0.1) is 0 Å². The summed E-state index contributed by atoms with van der Waals surface area (Å²) in [4.78, 5) is 25.5. The smallest absolute Gasteiger partial charge is 0.324 e. The largest absolute Gasteiger partial charge is 0.326 e. The van der Waals surface area contributed by atoms with Crippen molar-refractivity contribution < 1.29 is 9.59 Å². The van der Waals surface area contributed by atoms with Crippen LogP contribution >= 0.6 is 15.9 Å². The lowest BCUT2D eigenvalue weighted by Gasteiger charge is -2.20. The van der Waals surface area contributed by atoms with E-state index in [1.807, 2.05) is 37.3 Å². The van der Waals surface area contributed by atoms with Gasteiger partial charge in [-0.05, 0) is 12.0 Å². The van der Waals surface area contributed by atoms with Crippen LogP contribution in [-0.2, 0) is 4.79 Å². The molecule has 0 aliphatic carbocycles. The van der Waals surface area contributed by atoms with Crippen LogP contribution in [0.25, 0.3) is 0 Å². The average molecular weight is 339 g/mol. The van der Waals surface area contributed by atoms with Crippen molar-refractivity contribution in [2.75, 3.05) is 11.9 Å². The molecule has 1 N–H and O–H groups in total. The normalized spacial score (nSPS) is 20.1. The van der Waals surface area contributed by atoms with Crippen LogP contribution in [0.15, 0.2) is 30.3 Å². The zero-order valence-corrected chi connectivity index (χ0v) is 13.1. The number of urea groups is 1. The summed E-state index contributed by atoms with van der Waals surface area (Å²) in [6, 6.07) is 9.32. The van der Waals surface area contributed by atoms with E-state index in [0.29, 0.717) is 18.3 Å². The molecule has 4 nitrogen and oxygen atoms in total. The van der Waals surface area contributed by atoms with Crippen molar-refractivity contribution in [1.29, 1.82) is 0 Å². The van der Waals surface area contributed by atoms with E-state index in [2.05, 4.69) is 21.2 Å². The number of halogens is 1. The van der Waals surface area contributed by atoms with Crippen LogP contribution in [0.1, 0.15) is 31.2 Å². The summed E-state index contributed by atoms with van der Waals surface area (Å²) in [7, 11) is 0. The van der Waals surface area contributed by atoms with Gasteiger partial charge in [-0.1, -0.05) is 59.6 Å². The number of hydrogen-bond acceptors (Lipinski definition) is 2. The van der Waals surface area contributed by atoms with Gasteiger partial charge >= 0.3 is 6.03 Å². The maximum absolute atomic E-state index is 12.2. The molecule has 0 bridgehead atoms. The molecule has 2 rings (SSSR count). The minimum absolute atomic E-state index is 0.0984. The lowest BCUT2D eigenvalue weighted by Crippen LogP contribution is -2.35. The molecule has 1 heterocycles. The first-order valence-corrected chi connectivity index (χ1v) is 8.02. The van der Waals surface area contributed by atoms with Crippen LogP contribution in [-0.4, -0.2) is 34.8 Å². The first-order valence-electron chi connectivity index (χ1n) is 6.90. The highest BCUT2D eigenvalue weighted by atomic mass is 79.9. The zero-order valence-electron chi connectivity index (χ0n) is 11.5. The van der Waals surface area contributed by atoms with Crippen LogP contribution in [0.4, 0.5) is 4.79 Å². The van der Waals surface area contributed by atoms with Crippen LogP contribution in [0, 0.1) is 0 Å². The predicted molar refractivity (Wildman–Crippen MR) is 81.9 cm³/mol.